The molecule has 2 nitrogen and oxygen atoms in total. The lowest BCUT2D eigenvalue weighted by atomic mass is 9.46. The Balaban J connectivity index is 1.49. The van der Waals surface area contributed by atoms with E-state index >= 15 is 0 Å². The van der Waals surface area contributed by atoms with Crippen LogP contribution in [-0.4, -0.2) is 28.1 Å². The van der Waals surface area contributed by atoms with Crippen molar-refractivity contribution in [2.75, 3.05) is 0 Å². The Bertz CT molecular complexity index is 798. The van der Waals surface area contributed by atoms with Crippen LogP contribution in [0.1, 0.15) is 106 Å². The Morgan fingerprint density at radius 2 is 1.68 bits per heavy atom. The van der Waals surface area contributed by atoms with Crippen LogP contribution in [0.4, 0.5) is 13.2 Å². The van der Waals surface area contributed by atoms with Gasteiger partial charge in [-0.05, 0) is 104 Å². The second-order valence-electron chi connectivity index (χ2n) is 14.1. The first-order valence-electron chi connectivity index (χ1n) is 13.7. The van der Waals surface area contributed by atoms with E-state index in [1.165, 1.54) is 12.8 Å². The molecule has 3 fully saturated rings. The predicted octanol–water partition coefficient (Wildman–Crippen LogP) is 7.68. The summed E-state index contributed by atoms with van der Waals surface area (Å²) in [5.41, 5.74) is -1.69. The summed E-state index contributed by atoms with van der Waals surface area (Å²) < 4.78 is 40.7. The number of rotatable bonds is 4. The summed E-state index contributed by atoms with van der Waals surface area (Å²) in [5.74, 6) is 2.84. The molecule has 0 amide bonds. The molecule has 5 heteroatoms. The zero-order valence-electron chi connectivity index (χ0n) is 22.1. The maximum atomic E-state index is 13.6. The van der Waals surface area contributed by atoms with Gasteiger partial charge in [-0.25, -0.2) is 0 Å². The van der Waals surface area contributed by atoms with Crippen molar-refractivity contribution < 1.29 is 23.4 Å². The highest BCUT2D eigenvalue weighted by Crippen LogP contribution is 2.68. The van der Waals surface area contributed by atoms with Gasteiger partial charge in [0.05, 0.1) is 6.10 Å². The maximum absolute atomic E-state index is 13.6. The fourth-order valence-corrected chi connectivity index (χ4v) is 8.92. The molecule has 3 saturated carbocycles. The van der Waals surface area contributed by atoms with Crippen LogP contribution in [0, 0.1) is 45.8 Å². The molecule has 0 aromatic heterocycles. The third-order valence-corrected chi connectivity index (χ3v) is 11.3. The summed E-state index contributed by atoms with van der Waals surface area (Å²) in [4.78, 5) is 0. The first-order chi connectivity index (χ1) is 15.5. The fourth-order valence-electron chi connectivity index (χ4n) is 8.92. The number of hydrogen-bond donors (Lipinski definition) is 2. The summed E-state index contributed by atoms with van der Waals surface area (Å²) in [6.07, 6.45) is 4.74. The first kappa shape index (κ1) is 26.5. The van der Waals surface area contributed by atoms with Crippen LogP contribution in [0.2, 0.25) is 0 Å². The number of halogens is 3. The zero-order valence-corrected chi connectivity index (χ0v) is 22.1. The third-order valence-electron chi connectivity index (χ3n) is 11.3. The minimum atomic E-state index is -4.56. The molecule has 0 bridgehead atoms. The van der Waals surface area contributed by atoms with Crippen molar-refractivity contribution in [1.29, 1.82) is 0 Å². The third kappa shape index (κ3) is 4.19. The van der Waals surface area contributed by atoms with Crippen molar-refractivity contribution in [2.45, 2.75) is 124 Å². The summed E-state index contributed by atoms with van der Waals surface area (Å²) in [5, 5.41) is 21.0. The summed E-state index contributed by atoms with van der Waals surface area (Å²) in [7, 11) is 0. The van der Waals surface area contributed by atoms with Gasteiger partial charge in [-0.3, -0.25) is 0 Å². The van der Waals surface area contributed by atoms with Gasteiger partial charge in [-0.15, -0.1) is 0 Å². The largest absolute Gasteiger partial charge is 0.417 e. The van der Waals surface area contributed by atoms with Gasteiger partial charge in [0, 0.05) is 6.42 Å². The number of allylic oxidation sites excluding steroid dienone is 1. The molecule has 0 aromatic rings. The Hall–Kier alpha value is -0.550. The monoisotopic (exact) mass is 484 g/mol. The molecule has 4 rings (SSSR count). The SMILES string of the molecule is C[C@@H](CCC(O)C(C)(C)C)[C@@H]1CC[C@H]2[C@@H]3CC=C4C[C@](O)(C(F)(F)F)CC[C@]4(C)[C@H]3CC[C@@]21C. The number of hydrogen-bond acceptors (Lipinski definition) is 2. The minimum absolute atomic E-state index is 0.0836. The topological polar surface area (TPSA) is 40.5 Å². The van der Waals surface area contributed by atoms with Crippen molar-refractivity contribution in [1.82, 2.24) is 0 Å². The number of alkyl halides is 3. The van der Waals surface area contributed by atoms with E-state index in [2.05, 4.69) is 47.6 Å². The molecule has 196 valence electrons. The molecule has 0 heterocycles. The molecule has 0 spiro atoms. The van der Waals surface area contributed by atoms with E-state index in [1.54, 1.807) is 0 Å². The lowest BCUT2D eigenvalue weighted by molar-refractivity contribution is -0.271. The van der Waals surface area contributed by atoms with Crippen LogP contribution >= 0.6 is 0 Å². The second-order valence-corrected chi connectivity index (χ2v) is 14.1. The normalized spacial score (nSPS) is 44.5. The van der Waals surface area contributed by atoms with Gasteiger partial charge in [-0.1, -0.05) is 53.2 Å². The molecule has 1 unspecified atom stereocenters. The van der Waals surface area contributed by atoms with Crippen LogP contribution in [0.25, 0.3) is 0 Å². The van der Waals surface area contributed by atoms with E-state index in [0.29, 0.717) is 36.0 Å². The van der Waals surface area contributed by atoms with Crippen molar-refractivity contribution in [3.63, 3.8) is 0 Å². The van der Waals surface area contributed by atoms with Crippen LogP contribution < -0.4 is 0 Å². The Morgan fingerprint density at radius 3 is 2.29 bits per heavy atom. The molecule has 4 aliphatic rings. The average molecular weight is 485 g/mol. The standard InChI is InChI=1S/C29H47F3O2/c1-18(7-12-24(33)25(2,3)4)21-10-11-22-20-9-8-19-17-28(34,29(30,31)32)16-15-26(19,5)23(20)13-14-27(21,22)6/h8,18,20-24,33-34H,7,9-17H2,1-6H3/t18-,20-,21-,22-,23-,24?,26-,27+,28-/m0/s1. The molecular formula is C29H47F3O2. The van der Waals surface area contributed by atoms with Crippen LogP contribution in [-0.2, 0) is 0 Å². The molecular weight excluding hydrogens is 437 g/mol. The van der Waals surface area contributed by atoms with Gasteiger partial charge in [0.1, 0.15) is 0 Å². The van der Waals surface area contributed by atoms with E-state index in [1.807, 2.05) is 0 Å². The lowest BCUT2D eigenvalue weighted by Crippen LogP contribution is -2.55. The van der Waals surface area contributed by atoms with E-state index in [9.17, 15) is 23.4 Å². The van der Waals surface area contributed by atoms with Gasteiger partial charge in [-0.2, -0.15) is 13.2 Å². The summed E-state index contributed by atoms with van der Waals surface area (Å²) in [6.45, 7) is 13.4. The molecule has 4 aliphatic carbocycles. The molecule has 2 N–H and O–H groups in total. The van der Waals surface area contributed by atoms with Crippen LogP contribution in [0.15, 0.2) is 11.6 Å². The van der Waals surface area contributed by atoms with Crippen molar-refractivity contribution in [3.05, 3.63) is 11.6 Å². The Kier molecular flexibility index (Phi) is 6.63. The van der Waals surface area contributed by atoms with E-state index in [-0.39, 0.29) is 35.2 Å². The Labute approximate surface area is 204 Å². The smallest absolute Gasteiger partial charge is 0.393 e. The van der Waals surface area contributed by atoms with Crippen molar-refractivity contribution in [3.8, 4) is 0 Å². The molecule has 0 radical (unpaired) electrons. The van der Waals surface area contributed by atoms with Crippen LogP contribution in [0.5, 0.6) is 0 Å². The first-order valence-corrected chi connectivity index (χ1v) is 13.7. The van der Waals surface area contributed by atoms with Crippen molar-refractivity contribution >= 4 is 0 Å². The van der Waals surface area contributed by atoms with E-state index in [4.69, 9.17) is 0 Å². The molecule has 0 saturated heterocycles. The van der Waals surface area contributed by atoms with E-state index in [0.717, 1.165) is 37.7 Å². The molecule has 0 aliphatic heterocycles. The minimum Gasteiger partial charge on any atom is -0.393 e. The predicted molar refractivity (Wildman–Crippen MR) is 130 cm³/mol. The quantitative estimate of drug-likeness (QED) is 0.402. The summed E-state index contributed by atoms with van der Waals surface area (Å²) in [6, 6.07) is 0. The number of fused-ring (bicyclic) bond motifs is 5. The Morgan fingerprint density at radius 1 is 1.00 bits per heavy atom. The van der Waals surface area contributed by atoms with E-state index < -0.39 is 11.8 Å². The lowest BCUT2D eigenvalue weighted by Gasteiger charge is -2.59. The van der Waals surface area contributed by atoms with Gasteiger partial charge < -0.3 is 10.2 Å². The molecule has 9 atom stereocenters. The fraction of sp³-hybridized carbons (Fsp3) is 0.931. The molecule has 0 aromatic carbocycles. The zero-order chi connectivity index (χ0) is 25.3. The maximum Gasteiger partial charge on any atom is 0.417 e. The van der Waals surface area contributed by atoms with Gasteiger partial charge >= 0.3 is 6.18 Å². The second kappa shape index (κ2) is 8.50. The van der Waals surface area contributed by atoms with Gasteiger partial charge in [0.15, 0.2) is 5.60 Å². The highest BCUT2D eigenvalue weighted by molar-refractivity contribution is 5.28. The van der Waals surface area contributed by atoms with Gasteiger partial charge in [0.2, 0.25) is 0 Å². The average Bonchev–Trinajstić information content (AvgIpc) is 3.08. The highest BCUT2D eigenvalue weighted by atomic mass is 19.4. The van der Waals surface area contributed by atoms with Crippen molar-refractivity contribution in [2.24, 2.45) is 45.8 Å². The van der Waals surface area contributed by atoms with Gasteiger partial charge in [0.25, 0.3) is 0 Å². The summed E-state index contributed by atoms with van der Waals surface area (Å²) >= 11 is 0. The number of aliphatic hydroxyl groups is 2. The highest BCUT2D eigenvalue weighted by Gasteiger charge is 2.63. The van der Waals surface area contributed by atoms with Crippen LogP contribution in [0.3, 0.4) is 0 Å². The molecule has 34 heavy (non-hydrogen) atoms. The number of aliphatic hydroxyl groups excluding tert-OH is 1.